The summed E-state index contributed by atoms with van der Waals surface area (Å²) in [5.41, 5.74) is -1.48. The zero-order valence-corrected chi connectivity index (χ0v) is 14.3. The Morgan fingerprint density at radius 2 is 2.21 bits per heavy atom. The number of halogens is 3. The molecule has 1 atom stereocenters. The molecule has 2 rings (SSSR count). The van der Waals surface area contributed by atoms with Gasteiger partial charge in [0.05, 0.1) is 26.9 Å². The number of nitrogens with one attached hydrogen (secondary N) is 1. The van der Waals surface area contributed by atoms with E-state index in [2.05, 4.69) is 10.3 Å². The monoisotopic (exact) mass is 371 g/mol. The molecule has 1 amide bonds. The minimum atomic E-state index is -4.69. The van der Waals surface area contributed by atoms with Crippen LogP contribution in [0, 0.1) is 11.3 Å². The molecule has 24 heavy (non-hydrogen) atoms. The Balaban J connectivity index is 2.61. The number of carbonyl (C=O) groups is 1. The minimum Gasteiger partial charge on any atom is -0.358 e. The van der Waals surface area contributed by atoms with E-state index in [9.17, 15) is 23.2 Å². The number of pyridine rings is 1. The van der Waals surface area contributed by atoms with Crippen LogP contribution in [0.3, 0.4) is 0 Å². The van der Waals surface area contributed by atoms with Crippen molar-refractivity contribution in [3.63, 3.8) is 0 Å². The van der Waals surface area contributed by atoms with Crippen LogP contribution >= 0.6 is 23.1 Å². The number of nitrogens with zero attached hydrogens (tertiary/aromatic N) is 2. The van der Waals surface area contributed by atoms with Crippen molar-refractivity contribution in [2.45, 2.75) is 23.4 Å². The molecule has 0 saturated heterocycles. The standard InChI is InChI=1S/C15H12F3N3OS2/c1-8(13(22)20-2)24-14-9(7-19)10(15(16,17)18)6-11(21-14)12-4-3-5-23-12/h3-6,8H,1-2H3,(H,20,22). The number of nitriles is 1. The second kappa shape index (κ2) is 7.23. The predicted octanol–water partition coefficient (Wildman–Crippen LogP) is 3.93. The molecule has 0 aliphatic heterocycles. The first kappa shape index (κ1) is 18.3. The number of alkyl halides is 3. The maximum absolute atomic E-state index is 13.3. The fourth-order valence-corrected chi connectivity index (χ4v) is 3.58. The van der Waals surface area contributed by atoms with E-state index < -0.39 is 22.6 Å². The molecule has 1 N–H and O–H groups in total. The molecule has 0 aromatic carbocycles. The lowest BCUT2D eigenvalue weighted by atomic mass is 10.1. The van der Waals surface area contributed by atoms with Crippen LogP contribution in [0.25, 0.3) is 10.6 Å². The van der Waals surface area contributed by atoms with Crippen molar-refractivity contribution in [3.05, 3.63) is 34.7 Å². The van der Waals surface area contributed by atoms with Gasteiger partial charge in [0.25, 0.3) is 0 Å². The Kier molecular flexibility index (Phi) is 5.51. The average molecular weight is 371 g/mol. The smallest absolute Gasteiger partial charge is 0.358 e. The van der Waals surface area contributed by atoms with Crippen molar-refractivity contribution >= 4 is 29.0 Å². The summed E-state index contributed by atoms with van der Waals surface area (Å²) in [7, 11) is 1.43. The Hall–Kier alpha value is -2.05. The SMILES string of the molecule is CNC(=O)C(C)Sc1nc(-c2cccs2)cc(C(F)(F)F)c1C#N. The third-order valence-corrected chi connectivity index (χ3v) is 5.06. The van der Waals surface area contributed by atoms with Gasteiger partial charge >= 0.3 is 6.18 Å². The Morgan fingerprint density at radius 3 is 2.71 bits per heavy atom. The molecule has 2 aromatic heterocycles. The van der Waals surface area contributed by atoms with Gasteiger partial charge < -0.3 is 5.32 Å². The van der Waals surface area contributed by atoms with E-state index in [4.69, 9.17) is 0 Å². The average Bonchev–Trinajstić information content (AvgIpc) is 3.06. The van der Waals surface area contributed by atoms with E-state index in [1.54, 1.807) is 23.6 Å². The first-order valence-electron chi connectivity index (χ1n) is 6.72. The first-order valence-corrected chi connectivity index (χ1v) is 8.48. The van der Waals surface area contributed by atoms with Gasteiger partial charge in [-0.05, 0) is 24.4 Å². The van der Waals surface area contributed by atoms with E-state index in [0.717, 1.165) is 17.8 Å². The second-order valence-corrected chi connectivity index (χ2v) is 6.97. The van der Waals surface area contributed by atoms with Crippen LogP contribution in [0.2, 0.25) is 0 Å². The number of carbonyl (C=O) groups excluding carboxylic acids is 1. The highest BCUT2D eigenvalue weighted by Crippen LogP contribution is 2.39. The molecule has 9 heteroatoms. The topological polar surface area (TPSA) is 65.8 Å². The number of thiophene rings is 1. The lowest BCUT2D eigenvalue weighted by Gasteiger charge is -2.15. The third-order valence-electron chi connectivity index (χ3n) is 3.08. The molecule has 0 aliphatic rings. The van der Waals surface area contributed by atoms with E-state index >= 15 is 0 Å². The summed E-state index contributed by atoms with van der Waals surface area (Å²) in [6.45, 7) is 1.54. The maximum Gasteiger partial charge on any atom is 0.417 e. The van der Waals surface area contributed by atoms with E-state index in [-0.39, 0.29) is 16.6 Å². The van der Waals surface area contributed by atoms with Gasteiger partial charge in [-0.25, -0.2) is 4.98 Å². The molecule has 0 aliphatic carbocycles. The summed E-state index contributed by atoms with van der Waals surface area (Å²) < 4.78 is 40.0. The van der Waals surface area contributed by atoms with Gasteiger partial charge in [0.1, 0.15) is 11.1 Å². The fraction of sp³-hybridized carbons (Fsp3) is 0.267. The van der Waals surface area contributed by atoms with Crippen LogP contribution in [-0.4, -0.2) is 23.2 Å². The van der Waals surface area contributed by atoms with E-state index in [1.807, 2.05) is 0 Å². The lowest BCUT2D eigenvalue weighted by molar-refractivity contribution is -0.138. The molecular weight excluding hydrogens is 359 g/mol. The molecule has 0 radical (unpaired) electrons. The van der Waals surface area contributed by atoms with Gasteiger partial charge in [0.15, 0.2) is 0 Å². The first-order chi connectivity index (χ1) is 11.3. The van der Waals surface area contributed by atoms with Gasteiger partial charge in [-0.3, -0.25) is 4.79 Å². The van der Waals surface area contributed by atoms with Crippen LogP contribution in [0.1, 0.15) is 18.1 Å². The van der Waals surface area contributed by atoms with Crippen molar-refractivity contribution in [1.82, 2.24) is 10.3 Å². The highest BCUT2D eigenvalue weighted by molar-refractivity contribution is 8.00. The van der Waals surface area contributed by atoms with Crippen molar-refractivity contribution in [2.24, 2.45) is 0 Å². The zero-order chi connectivity index (χ0) is 17.9. The number of amides is 1. The molecule has 2 heterocycles. The third kappa shape index (κ3) is 3.88. The Bertz CT molecular complexity index is 782. The molecule has 1 unspecified atom stereocenters. The summed E-state index contributed by atoms with van der Waals surface area (Å²) in [6.07, 6.45) is -4.69. The number of hydrogen-bond donors (Lipinski definition) is 1. The quantitative estimate of drug-likeness (QED) is 0.827. The molecule has 0 bridgehead atoms. The molecule has 126 valence electrons. The summed E-state index contributed by atoms with van der Waals surface area (Å²) >= 11 is 2.07. The van der Waals surface area contributed by atoms with Crippen molar-refractivity contribution < 1.29 is 18.0 Å². The Morgan fingerprint density at radius 1 is 1.50 bits per heavy atom. The molecular formula is C15H12F3N3OS2. The summed E-state index contributed by atoms with van der Waals surface area (Å²) in [6, 6.07) is 5.80. The maximum atomic E-state index is 13.3. The fourth-order valence-electron chi connectivity index (χ4n) is 1.91. The molecule has 0 spiro atoms. The van der Waals surface area contributed by atoms with Crippen molar-refractivity contribution in [1.29, 1.82) is 5.26 Å². The predicted molar refractivity (Wildman–Crippen MR) is 86.7 cm³/mol. The highest BCUT2D eigenvalue weighted by Gasteiger charge is 2.36. The van der Waals surface area contributed by atoms with Gasteiger partial charge in [0, 0.05) is 7.05 Å². The summed E-state index contributed by atoms with van der Waals surface area (Å²) in [4.78, 5) is 16.4. The van der Waals surface area contributed by atoms with Crippen molar-refractivity contribution in [2.75, 3.05) is 7.05 Å². The normalized spacial score (nSPS) is 12.5. The summed E-state index contributed by atoms with van der Waals surface area (Å²) in [5.74, 6) is -0.360. The van der Waals surface area contributed by atoms with E-state index in [1.165, 1.54) is 25.3 Å². The summed E-state index contributed by atoms with van der Waals surface area (Å²) in [5, 5.41) is 12.5. The van der Waals surface area contributed by atoms with Gasteiger partial charge in [-0.15, -0.1) is 11.3 Å². The Labute approximate surface area is 144 Å². The van der Waals surface area contributed by atoms with Gasteiger partial charge in [-0.2, -0.15) is 18.4 Å². The van der Waals surface area contributed by atoms with Gasteiger partial charge in [0.2, 0.25) is 5.91 Å². The van der Waals surface area contributed by atoms with Crippen LogP contribution < -0.4 is 5.32 Å². The zero-order valence-electron chi connectivity index (χ0n) is 12.6. The number of thioether (sulfide) groups is 1. The molecule has 4 nitrogen and oxygen atoms in total. The van der Waals surface area contributed by atoms with Crippen LogP contribution in [0.5, 0.6) is 0 Å². The minimum absolute atomic E-state index is 0.105. The lowest BCUT2D eigenvalue weighted by Crippen LogP contribution is -2.27. The van der Waals surface area contributed by atoms with Crippen molar-refractivity contribution in [3.8, 4) is 16.6 Å². The van der Waals surface area contributed by atoms with Crippen LogP contribution in [0.4, 0.5) is 13.2 Å². The molecule has 2 aromatic rings. The largest absolute Gasteiger partial charge is 0.417 e. The van der Waals surface area contributed by atoms with Crippen LogP contribution in [-0.2, 0) is 11.0 Å². The second-order valence-electron chi connectivity index (χ2n) is 4.70. The molecule has 0 fully saturated rings. The molecule has 0 saturated carbocycles. The van der Waals surface area contributed by atoms with Crippen LogP contribution in [0.15, 0.2) is 28.6 Å². The van der Waals surface area contributed by atoms with E-state index in [0.29, 0.717) is 4.88 Å². The number of aromatic nitrogens is 1. The number of rotatable bonds is 4. The number of hydrogen-bond acceptors (Lipinski definition) is 5. The van der Waals surface area contributed by atoms with Gasteiger partial charge in [-0.1, -0.05) is 17.8 Å². The highest BCUT2D eigenvalue weighted by atomic mass is 32.2.